The van der Waals surface area contributed by atoms with Crippen molar-refractivity contribution in [3.63, 3.8) is 0 Å². The summed E-state index contributed by atoms with van der Waals surface area (Å²) in [5.41, 5.74) is 2.56. The molecule has 0 radical (unpaired) electrons. The number of hydrogen-bond acceptors (Lipinski definition) is 5. The highest BCUT2D eigenvalue weighted by Gasteiger charge is 2.21. The van der Waals surface area contributed by atoms with Crippen molar-refractivity contribution < 1.29 is 4.79 Å². The van der Waals surface area contributed by atoms with Gasteiger partial charge >= 0.3 is 0 Å². The maximum absolute atomic E-state index is 12.4. The average molecular weight is 311 g/mol. The molecule has 0 bridgehead atoms. The number of anilines is 1. The van der Waals surface area contributed by atoms with Gasteiger partial charge in [-0.15, -0.1) is 0 Å². The van der Waals surface area contributed by atoms with Crippen LogP contribution in [0.5, 0.6) is 0 Å². The Balaban J connectivity index is 1.74. The Morgan fingerprint density at radius 1 is 1.30 bits per heavy atom. The molecule has 1 aliphatic heterocycles. The third kappa shape index (κ3) is 3.64. The van der Waals surface area contributed by atoms with Crippen molar-refractivity contribution in [3.8, 4) is 0 Å². The standard InChI is InChI=1S/C17H21N5O/c1-13-9-14(5-6-19-13)12-21(2)16-11-18-10-15(20-16)17(23)22-7-3-4-8-22/h5-6,9-11H,3-4,7-8,12H2,1-2H3. The zero-order chi connectivity index (χ0) is 16.2. The molecule has 2 aromatic rings. The molecule has 0 saturated carbocycles. The number of likely N-dealkylation sites (tertiary alicyclic amines) is 1. The predicted octanol–water partition coefficient (Wildman–Crippen LogP) is 2.05. The van der Waals surface area contributed by atoms with Gasteiger partial charge in [-0.3, -0.25) is 14.8 Å². The van der Waals surface area contributed by atoms with E-state index in [1.165, 1.54) is 0 Å². The quantitative estimate of drug-likeness (QED) is 0.865. The average Bonchev–Trinajstić information content (AvgIpc) is 3.09. The SMILES string of the molecule is Cc1cc(CN(C)c2cncc(C(=O)N3CCCC3)n2)ccn1. The molecule has 1 fully saturated rings. The van der Waals surface area contributed by atoms with Crippen molar-refractivity contribution in [3.05, 3.63) is 47.7 Å². The van der Waals surface area contributed by atoms with Crippen LogP contribution >= 0.6 is 0 Å². The van der Waals surface area contributed by atoms with Crippen molar-refractivity contribution in [2.75, 3.05) is 25.0 Å². The summed E-state index contributed by atoms with van der Waals surface area (Å²) < 4.78 is 0. The molecule has 1 aliphatic rings. The van der Waals surface area contributed by atoms with Crippen molar-refractivity contribution in [1.29, 1.82) is 0 Å². The van der Waals surface area contributed by atoms with E-state index in [2.05, 4.69) is 15.0 Å². The first-order valence-corrected chi connectivity index (χ1v) is 7.87. The van der Waals surface area contributed by atoms with E-state index in [0.29, 0.717) is 18.1 Å². The van der Waals surface area contributed by atoms with E-state index in [0.717, 1.165) is 37.2 Å². The highest BCUT2D eigenvalue weighted by Crippen LogP contribution is 2.15. The fraction of sp³-hybridized carbons (Fsp3) is 0.412. The van der Waals surface area contributed by atoms with Gasteiger partial charge in [0, 0.05) is 38.6 Å². The largest absolute Gasteiger partial charge is 0.354 e. The molecule has 23 heavy (non-hydrogen) atoms. The maximum Gasteiger partial charge on any atom is 0.274 e. The molecule has 2 aromatic heterocycles. The van der Waals surface area contributed by atoms with E-state index in [9.17, 15) is 4.79 Å². The fourth-order valence-electron chi connectivity index (χ4n) is 2.78. The molecule has 6 nitrogen and oxygen atoms in total. The monoisotopic (exact) mass is 311 g/mol. The zero-order valence-corrected chi connectivity index (χ0v) is 13.6. The first-order chi connectivity index (χ1) is 11.1. The van der Waals surface area contributed by atoms with Crippen LogP contribution < -0.4 is 4.90 Å². The molecule has 0 unspecified atom stereocenters. The zero-order valence-electron chi connectivity index (χ0n) is 13.6. The predicted molar refractivity (Wildman–Crippen MR) is 88.3 cm³/mol. The number of carbonyl (C=O) groups excluding carboxylic acids is 1. The Morgan fingerprint density at radius 3 is 2.83 bits per heavy atom. The molecule has 0 aromatic carbocycles. The third-order valence-electron chi connectivity index (χ3n) is 4.01. The van der Waals surface area contributed by atoms with Crippen LogP contribution in [0.25, 0.3) is 0 Å². The molecule has 1 saturated heterocycles. The minimum atomic E-state index is -0.0231. The second-order valence-corrected chi connectivity index (χ2v) is 5.92. The van der Waals surface area contributed by atoms with Crippen LogP contribution in [-0.2, 0) is 6.54 Å². The number of carbonyl (C=O) groups is 1. The lowest BCUT2D eigenvalue weighted by Gasteiger charge is -2.19. The van der Waals surface area contributed by atoms with Crippen LogP contribution in [0.15, 0.2) is 30.7 Å². The van der Waals surface area contributed by atoms with Gasteiger partial charge in [-0.1, -0.05) is 0 Å². The Bertz CT molecular complexity index is 697. The number of pyridine rings is 1. The van der Waals surface area contributed by atoms with Gasteiger partial charge in [-0.25, -0.2) is 4.98 Å². The van der Waals surface area contributed by atoms with E-state index in [4.69, 9.17) is 0 Å². The molecular weight excluding hydrogens is 290 g/mol. The molecular formula is C17H21N5O. The Kier molecular flexibility index (Phi) is 4.50. The van der Waals surface area contributed by atoms with Gasteiger partial charge < -0.3 is 9.80 Å². The highest BCUT2D eigenvalue weighted by molar-refractivity contribution is 5.92. The van der Waals surface area contributed by atoms with E-state index >= 15 is 0 Å². The van der Waals surface area contributed by atoms with E-state index in [1.54, 1.807) is 18.6 Å². The second-order valence-electron chi connectivity index (χ2n) is 5.92. The van der Waals surface area contributed by atoms with Gasteiger partial charge in [-0.05, 0) is 37.5 Å². The van der Waals surface area contributed by atoms with Crippen molar-refractivity contribution in [2.45, 2.75) is 26.3 Å². The number of rotatable bonds is 4. The van der Waals surface area contributed by atoms with Crippen molar-refractivity contribution >= 4 is 11.7 Å². The molecule has 3 heterocycles. The van der Waals surface area contributed by atoms with Crippen LogP contribution in [-0.4, -0.2) is 45.9 Å². The molecule has 120 valence electrons. The van der Waals surface area contributed by atoms with Gasteiger partial charge in [0.05, 0.1) is 12.4 Å². The summed E-state index contributed by atoms with van der Waals surface area (Å²) in [5.74, 6) is 0.675. The Labute approximate surface area is 136 Å². The van der Waals surface area contributed by atoms with Gasteiger partial charge in [-0.2, -0.15) is 0 Å². The molecule has 0 N–H and O–H groups in total. The van der Waals surface area contributed by atoms with E-state index in [1.807, 2.05) is 35.9 Å². The second kappa shape index (κ2) is 6.73. The highest BCUT2D eigenvalue weighted by atomic mass is 16.2. The first-order valence-electron chi connectivity index (χ1n) is 7.87. The normalized spacial score (nSPS) is 14.1. The van der Waals surface area contributed by atoms with Crippen LogP contribution in [0.3, 0.4) is 0 Å². The van der Waals surface area contributed by atoms with Crippen LogP contribution in [0.2, 0.25) is 0 Å². The van der Waals surface area contributed by atoms with Crippen molar-refractivity contribution in [2.24, 2.45) is 0 Å². The van der Waals surface area contributed by atoms with Crippen molar-refractivity contribution in [1.82, 2.24) is 19.9 Å². The summed E-state index contributed by atoms with van der Waals surface area (Å²) in [7, 11) is 1.95. The van der Waals surface area contributed by atoms with Gasteiger partial charge in [0.1, 0.15) is 11.5 Å². The number of amides is 1. The molecule has 0 atom stereocenters. The summed E-state index contributed by atoms with van der Waals surface area (Å²) in [6.07, 6.45) is 7.18. The van der Waals surface area contributed by atoms with Crippen LogP contribution in [0.1, 0.15) is 34.6 Å². The third-order valence-corrected chi connectivity index (χ3v) is 4.01. The van der Waals surface area contributed by atoms with Crippen LogP contribution in [0.4, 0.5) is 5.82 Å². The number of aryl methyl sites for hydroxylation is 1. The van der Waals surface area contributed by atoms with Gasteiger partial charge in [0.25, 0.3) is 5.91 Å². The Morgan fingerprint density at radius 2 is 2.09 bits per heavy atom. The summed E-state index contributed by atoms with van der Waals surface area (Å²) in [6, 6.07) is 4.03. The smallest absolute Gasteiger partial charge is 0.274 e. The topological polar surface area (TPSA) is 62.2 Å². The minimum Gasteiger partial charge on any atom is -0.354 e. The Hall–Kier alpha value is -2.50. The molecule has 6 heteroatoms. The van der Waals surface area contributed by atoms with Gasteiger partial charge in [0.2, 0.25) is 0 Å². The van der Waals surface area contributed by atoms with Gasteiger partial charge in [0.15, 0.2) is 0 Å². The molecule has 0 spiro atoms. The molecule has 3 rings (SSSR count). The summed E-state index contributed by atoms with van der Waals surface area (Å²) >= 11 is 0. The summed E-state index contributed by atoms with van der Waals surface area (Å²) in [6.45, 7) is 4.30. The fourth-order valence-corrected chi connectivity index (χ4v) is 2.78. The van der Waals surface area contributed by atoms with E-state index in [-0.39, 0.29) is 5.91 Å². The number of hydrogen-bond donors (Lipinski definition) is 0. The number of aromatic nitrogens is 3. The summed E-state index contributed by atoms with van der Waals surface area (Å²) in [5, 5.41) is 0. The number of nitrogens with zero attached hydrogens (tertiary/aromatic N) is 5. The minimum absolute atomic E-state index is 0.0231. The van der Waals surface area contributed by atoms with Crippen LogP contribution in [0, 0.1) is 6.92 Å². The maximum atomic E-state index is 12.4. The summed E-state index contributed by atoms with van der Waals surface area (Å²) in [4.78, 5) is 29.1. The van der Waals surface area contributed by atoms with E-state index < -0.39 is 0 Å². The lowest BCUT2D eigenvalue weighted by molar-refractivity contribution is 0.0786. The molecule has 0 aliphatic carbocycles. The first kappa shape index (κ1) is 15.4. The lowest BCUT2D eigenvalue weighted by atomic mass is 10.2. The molecule has 1 amide bonds. The lowest BCUT2D eigenvalue weighted by Crippen LogP contribution is -2.29.